The van der Waals surface area contributed by atoms with Gasteiger partial charge in [-0.25, -0.2) is 4.79 Å². The van der Waals surface area contributed by atoms with E-state index < -0.39 is 6.09 Å². The Morgan fingerprint density at radius 3 is 2.36 bits per heavy atom. The van der Waals surface area contributed by atoms with E-state index in [1.165, 1.54) is 10.5 Å². The Bertz CT molecular complexity index is 595. The summed E-state index contributed by atoms with van der Waals surface area (Å²) in [5, 5.41) is 9.19. The monoisotopic (exact) mass is 346 g/mol. The molecule has 1 unspecified atom stereocenters. The average Bonchev–Trinajstić information content (AvgIpc) is 2.59. The molecule has 1 aromatic carbocycles. The number of carbonyl (C=O) groups is 2. The van der Waals surface area contributed by atoms with Crippen LogP contribution in [0.1, 0.15) is 57.6 Å². The van der Waals surface area contributed by atoms with Gasteiger partial charge in [0.2, 0.25) is 5.91 Å². The molecule has 5 nitrogen and oxygen atoms in total. The standard InChI is InChI=1S/C20H30N2O3/c1-14(2)17-9-7-16(8-10-17)12-22(15(3)4)19(23)18-6-5-11-21(13-18)20(24)25/h7-10,14-15,18H,5-6,11-13H2,1-4H3,(H,24,25). The van der Waals surface area contributed by atoms with Crippen LogP contribution in [-0.4, -0.2) is 46.0 Å². The molecule has 0 spiro atoms. The Balaban J connectivity index is 2.08. The Labute approximate surface area is 150 Å². The van der Waals surface area contributed by atoms with Crippen molar-refractivity contribution in [1.29, 1.82) is 0 Å². The second-order valence-electron chi connectivity index (χ2n) is 7.52. The van der Waals surface area contributed by atoms with E-state index in [0.29, 0.717) is 25.6 Å². The van der Waals surface area contributed by atoms with E-state index in [9.17, 15) is 14.7 Å². The summed E-state index contributed by atoms with van der Waals surface area (Å²) in [6.07, 6.45) is 0.577. The lowest BCUT2D eigenvalue weighted by Crippen LogP contribution is -2.48. The maximum Gasteiger partial charge on any atom is 0.407 e. The fraction of sp³-hybridized carbons (Fsp3) is 0.600. The number of piperidine rings is 1. The number of nitrogens with zero attached hydrogens (tertiary/aromatic N) is 2. The van der Waals surface area contributed by atoms with Gasteiger partial charge in [-0.2, -0.15) is 0 Å². The predicted molar refractivity (Wildman–Crippen MR) is 98.5 cm³/mol. The third kappa shape index (κ3) is 4.97. The van der Waals surface area contributed by atoms with E-state index in [1.807, 2.05) is 18.7 Å². The summed E-state index contributed by atoms with van der Waals surface area (Å²) < 4.78 is 0. The average molecular weight is 346 g/mol. The first-order chi connectivity index (χ1) is 11.8. The molecule has 25 heavy (non-hydrogen) atoms. The van der Waals surface area contributed by atoms with Gasteiger partial charge in [-0.15, -0.1) is 0 Å². The Kier molecular flexibility index (Phi) is 6.45. The first-order valence-corrected chi connectivity index (χ1v) is 9.16. The van der Waals surface area contributed by atoms with Crippen molar-refractivity contribution in [3.8, 4) is 0 Å². The lowest BCUT2D eigenvalue weighted by atomic mass is 9.95. The van der Waals surface area contributed by atoms with E-state index in [4.69, 9.17) is 0 Å². The van der Waals surface area contributed by atoms with Crippen molar-refractivity contribution in [3.63, 3.8) is 0 Å². The van der Waals surface area contributed by atoms with E-state index in [-0.39, 0.29) is 17.9 Å². The van der Waals surface area contributed by atoms with Crippen LogP contribution in [-0.2, 0) is 11.3 Å². The quantitative estimate of drug-likeness (QED) is 0.878. The molecular weight excluding hydrogens is 316 g/mol. The fourth-order valence-corrected chi connectivity index (χ4v) is 3.31. The van der Waals surface area contributed by atoms with Crippen molar-refractivity contribution in [3.05, 3.63) is 35.4 Å². The van der Waals surface area contributed by atoms with E-state index in [2.05, 4.69) is 38.1 Å². The maximum atomic E-state index is 13.0. The number of likely N-dealkylation sites (tertiary alicyclic amines) is 1. The highest BCUT2D eigenvalue weighted by Gasteiger charge is 2.32. The zero-order valence-corrected chi connectivity index (χ0v) is 15.7. The van der Waals surface area contributed by atoms with Crippen LogP contribution < -0.4 is 0 Å². The van der Waals surface area contributed by atoms with Gasteiger partial charge in [0.25, 0.3) is 0 Å². The minimum Gasteiger partial charge on any atom is -0.465 e. The molecule has 0 aliphatic carbocycles. The molecule has 1 fully saturated rings. The van der Waals surface area contributed by atoms with Crippen LogP contribution in [0.3, 0.4) is 0 Å². The van der Waals surface area contributed by atoms with Gasteiger partial charge >= 0.3 is 6.09 Å². The first-order valence-electron chi connectivity index (χ1n) is 9.16. The molecule has 2 rings (SSSR count). The molecule has 1 N–H and O–H groups in total. The summed E-state index contributed by atoms with van der Waals surface area (Å²) in [6, 6.07) is 8.49. The number of hydrogen-bond donors (Lipinski definition) is 1. The summed E-state index contributed by atoms with van der Waals surface area (Å²) in [5.41, 5.74) is 2.40. The van der Waals surface area contributed by atoms with Crippen molar-refractivity contribution >= 4 is 12.0 Å². The normalized spacial score (nSPS) is 17.8. The van der Waals surface area contributed by atoms with Crippen molar-refractivity contribution in [2.24, 2.45) is 5.92 Å². The van der Waals surface area contributed by atoms with Gasteiger partial charge in [-0.1, -0.05) is 38.1 Å². The van der Waals surface area contributed by atoms with Gasteiger partial charge in [0.1, 0.15) is 0 Å². The SMILES string of the molecule is CC(C)c1ccc(CN(C(=O)C2CCCN(C(=O)O)C2)C(C)C)cc1. The molecule has 0 saturated carbocycles. The van der Waals surface area contributed by atoms with Crippen molar-refractivity contribution in [2.75, 3.05) is 13.1 Å². The summed E-state index contributed by atoms with van der Waals surface area (Å²) in [6.45, 7) is 9.75. The Morgan fingerprint density at radius 1 is 1.20 bits per heavy atom. The number of hydrogen-bond acceptors (Lipinski definition) is 2. The van der Waals surface area contributed by atoms with Crippen LogP contribution in [0.25, 0.3) is 0 Å². The van der Waals surface area contributed by atoms with Crippen LogP contribution in [0.15, 0.2) is 24.3 Å². The first kappa shape index (κ1) is 19.3. The summed E-state index contributed by atoms with van der Waals surface area (Å²) in [5.74, 6) is 0.317. The fourth-order valence-electron chi connectivity index (χ4n) is 3.31. The van der Waals surface area contributed by atoms with E-state index >= 15 is 0 Å². The third-order valence-electron chi connectivity index (χ3n) is 4.95. The molecule has 0 radical (unpaired) electrons. The maximum absolute atomic E-state index is 13.0. The van der Waals surface area contributed by atoms with Gasteiger partial charge in [0.05, 0.1) is 5.92 Å². The lowest BCUT2D eigenvalue weighted by molar-refractivity contribution is -0.139. The highest BCUT2D eigenvalue weighted by atomic mass is 16.4. The number of carbonyl (C=O) groups excluding carboxylic acids is 1. The van der Waals surface area contributed by atoms with Crippen LogP contribution >= 0.6 is 0 Å². The number of rotatable bonds is 5. The molecule has 1 aromatic rings. The second-order valence-corrected chi connectivity index (χ2v) is 7.52. The van der Waals surface area contributed by atoms with E-state index in [1.54, 1.807) is 0 Å². The Morgan fingerprint density at radius 2 is 1.84 bits per heavy atom. The molecule has 138 valence electrons. The smallest absolute Gasteiger partial charge is 0.407 e. The highest BCUT2D eigenvalue weighted by molar-refractivity contribution is 5.80. The summed E-state index contributed by atoms with van der Waals surface area (Å²) in [7, 11) is 0. The van der Waals surface area contributed by atoms with Gasteiger partial charge < -0.3 is 14.9 Å². The molecule has 1 saturated heterocycles. The van der Waals surface area contributed by atoms with Crippen LogP contribution in [0.5, 0.6) is 0 Å². The van der Waals surface area contributed by atoms with Crippen LogP contribution in [0, 0.1) is 5.92 Å². The Hall–Kier alpha value is -2.04. The second kappa shape index (κ2) is 8.37. The van der Waals surface area contributed by atoms with Gasteiger partial charge in [0.15, 0.2) is 0 Å². The third-order valence-corrected chi connectivity index (χ3v) is 4.95. The van der Waals surface area contributed by atoms with Gasteiger partial charge in [0, 0.05) is 25.7 Å². The minimum atomic E-state index is -0.933. The predicted octanol–water partition coefficient (Wildman–Crippen LogP) is 3.94. The number of benzene rings is 1. The molecule has 1 aliphatic heterocycles. The van der Waals surface area contributed by atoms with E-state index in [0.717, 1.165) is 18.4 Å². The molecule has 2 amide bonds. The summed E-state index contributed by atoms with van der Waals surface area (Å²) >= 11 is 0. The molecule has 5 heteroatoms. The van der Waals surface area contributed by atoms with Crippen molar-refractivity contribution in [2.45, 2.75) is 59.0 Å². The zero-order valence-electron chi connectivity index (χ0n) is 15.7. The topological polar surface area (TPSA) is 60.9 Å². The minimum absolute atomic E-state index is 0.0638. The van der Waals surface area contributed by atoms with Crippen molar-refractivity contribution < 1.29 is 14.7 Å². The van der Waals surface area contributed by atoms with Crippen molar-refractivity contribution in [1.82, 2.24) is 9.80 Å². The summed E-state index contributed by atoms with van der Waals surface area (Å²) in [4.78, 5) is 27.4. The largest absolute Gasteiger partial charge is 0.465 e. The van der Waals surface area contributed by atoms with Gasteiger partial charge in [-0.05, 0) is 43.7 Å². The molecule has 0 bridgehead atoms. The molecule has 1 atom stereocenters. The lowest BCUT2D eigenvalue weighted by Gasteiger charge is -2.35. The number of carboxylic acid groups (broad SMARTS) is 1. The highest BCUT2D eigenvalue weighted by Crippen LogP contribution is 2.22. The molecule has 1 aliphatic rings. The van der Waals surface area contributed by atoms with Gasteiger partial charge in [-0.3, -0.25) is 4.79 Å². The molecule has 1 heterocycles. The number of amides is 2. The molecule has 0 aromatic heterocycles. The van der Waals surface area contributed by atoms with Crippen LogP contribution in [0.2, 0.25) is 0 Å². The van der Waals surface area contributed by atoms with Crippen LogP contribution in [0.4, 0.5) is 4.79 Å². The molecular formula is C20H30N2O3. The zero-order chi connectivity index (χ0) is 18.6.